The van der Waals surface area contributed by atoms with Gasteiger partial charge in [-0.05, 0) is 49.4 Å². The Morgan fingerprint density at radius 1 is 1.06 bits per heavy atom. The molecule has 2 aromatic carbocycles. The zero-order valence-corrected chi connectivity index (χ0v) is 17.2. The molecule has 0 aliphatic carbocycles. The molecule has 4 rings (SSSR count). The minimum absolute atomic E-state index is 0.146. The molecule has 0 bridgehead atoms. The number of primary amides is 1. The van der Waals surface area contributed by atoms with E-state index >= 15 is 0 Å². The number of nitrogens with zero attached hydrogens (tertiary/aromatic N) is 2. The number of fused-ring (bicyclic) bond motifs is 1. The average Bonchev–Trinajstić information content (AvgIpc) is 3.29. The van der Waals surface area contributed by atoms with E-state index in [4.69, 9.17) is 10.2 Å². The van der Waals surface area contributed by atoms with E-state index < -0.39 is 29.6 Å². The van der Waals surface area contributed by atoms with Crippen LogP contribution in [-0.4, -0.2) is 20.9 Å². The topological polar surface area (TPSA) is 129 Å². The molecule has 0 aliphatic heterocycles. The molecule has 9 nitrogen and oxygen atoms in total. The Labute approximate surface area is 181 Å². The van der Waals surface area contributed by atoms with Crippen LogP contribution in [0.15, 0.2) is 74.9 Å². The number of benzene rings is 2. The van der Waals surface area contributed by atoms with E-state index in [2.05, 4.69) is 5.32 Å². The van der Waals surface area contributed by atoms with E-state index in [0.717, 1.165) is 14.7 Å². The molecule has 0 spiro atoms. The van der Waals surface area contributed by atoms with Crippen LogP contribution in [0.1, 0.15) is 21.7 Å². The summed E-state index contributed by atoms with van der Waals surface area (Å²) in [5.41, 5.74) is 5.77. The zero-order chi connectivity index (χ0) is 22.8. The van der Waals surface area contributed by atoms with Gasteiger partial charge >= 0.3 is 5.69 Å². The van der Waals surface area contributed by atoms with Gasteiger partial charge in [0, 0.05) is 5.56 Å². The summed E-state index contributed by atoms with van der Waals surface area (Å²) in [7, 11) is 0. The number of carbonyl (C=O) groups is 2. The number of aryl methyl sites for hydroxylation is 1. The number of nitrogens with one attached hydrogen (secondary N) is 1. The first-order valence-electron chi connectivity index (χ1n) is 9.80. The van der Waals surface area contributed by atoms with Crippen molar-refractivity contribution >= 4 is 22.7 Å². The van der Waals surface area contributed by atoms with Gasteiger partial charge in [-0.2, -0.15) is 0 Å². The summed E-state index contributed by atoms with van der Waals surface area (Å²) in [5, 5.41) is 2.88. The number of hydrogen-bond acceptors (Lipinski definition) is 5. The van der Waals surface area contributed by atoms with E-state index in [1.165, 1.54) is 24.5 Å². The molecule has 0 atom stereocenters. The van der Waals surface area contributed by atoms with Gasteiger partial charge in [-0.25, -0.2) is 9.36 Å². The van der Waals surface area contributed by atoms with Gasteiger partial charge < -0.3 is 15.5 Å². The van der Waals surface area contributed by atoms with E-state index in [1.54, 1.807) is 36.4 Å². The molecule has 9 heteroatoms. The lowest BCUT2D eigenvalue weighted by Crippen LogP contribution is -2.41. The SMILES string of the molecule is Cc1ccc(-n2c(=O)c3ccc(C(=O)NCc4ccco4)cc3n(CC(N)=O)c2=O)cc1. The third kappa shape index (κ3) is 3.95. The Kier molecular flexibility index (Phi) is 5.46. The van der Waals surface area contributed by atoms with Gasteiger partial charge in [0.1, 0.15) is 12.3 Å². The predicted octanol–water partition coefficient (Wildman–Crippen LogP) is 1.47. The van der Waals surface area contributed by atoms with Crippen molar-refractivity contribution in [1.29, 1.82) is 0 Å². The molecule has 2 amide bonds. The second-order valence-electron chi connectivity index (χ2n) is 7.31. The standard InChI is InChI=1S/C23H20N4O5/c1-14-4-7-16(8-5-14)27-22(30)18-9-6-15(21(29)25-12-17-3-2-10-32-17)11-19(18)26(23(27)31)13-20(24)28/h2-11H,12-13H2,1H3,(H2,24,28)(H,25,29). The molecule has 4 aromatic rings. The van der Waals surface area contributed by atoms with Crippen LogP contribution >= 0.6 is 0 Å². The second-order valence-corrected chi connectivity index (χ2v) is 7.31. The summed E-state index contributed by atoms with van der Waals surface area (Å²) >= 11 is 0. The lowest BCUT2D eigenvalue weighted by atomic mass is 10.1. The van der Waals surface area contributed by atoms with Gasteiger partial charge in [-0.3, -0.25) is 19.0 Å². The van der Waals surface area contributed by atoms with Crippen molar-refractivity contribution < 1.29 is 14.0 Å². The summed E-state index contributed by atoms with van der Waals surface area (Å²) in [6, 6.07) is 14.6. The van der Waals surface area contributed by atoms with E-state index in [-0.39, 0.29) is 23.0 Å². The largest absolute Gasteiger partial charge is 0.467 e. The van der Waals surface area contributed by atoms with Crippen LogP contribution in [0.3, 0.4) is 0 Å². The van der Waals surface area contributed by atoms with Crippen molar-refractivity contribution in [1.82, 2.24) is 14.5 Å². The maximum absolute atomic E-state index is 13.2. The summed E-state index contributed by atoms with van der Waals surface area (Å²) in [4.78, 5) is 50.6. The first-order valence-corrected chi connectivity index (χ1v) is 9.80. The van der Waals surface area contributed by atoms with E-state index in [0.29, 0.717) is 11.4 Å². The van der Waals surface area contributed by atoms with E-state index in [1.807, 2.05) is 6.92 Å². The number of amides is 2. The lowest BCUT2D eigenvalue weighted by Gasteiger charge is -2.14. The molecule has 2 aromatic heterocycles. The number of furan rings is 1. The number of nitrogens with two attached hydrogens (primary N) is 1. The van der Waals surface area contributed by atoms with Crippen LogP contribution in [0, 0.1) is 6.92 Å². The van der Waals surface area contributed by atoms with Gasteiger partial charge in [0.05, 0.1) is 29.4 Å². The smallest absolute Gasteiger partial charge is 0.336 e. The second kappa shape index (κ2) is 8.38. The highest BCUT2D eigenvalue weighted by Gasteiger charge is 2.18. The fraction of sp³-hybridized carbons (Fsp3) is 0.130. The Hall–Kier alpha value is -4.40. The molecule has 2 heterocycles. The predicted molar refractivity (Wildman–Crippen MR) is 118 cm³/mol. The van der Waals surface area contributed by atoms with Crippen LogP contribution in [0.2, 0.25) is 0 Å². The summed E-state index contributed by atoms with van der Waals surface area (Å²) in [5.74, 6) is -0.606. The fourth-order valence-electron chi connectivity index (χ4n) is 3.42. The van der Waals surface area contributed by atoms with Gasteiger partial charge in [0.2, 0.25) is 5.91 Å². The molecule has 32 heavy (non-hydrogen) atoms. The number of aromatic nitrogens is 2. The van der Waals surface area contributed by atoms with Crippen LogP contribution in [0.4, 0.5) is 0 Å². The Morgan fingerprint density at radius 2 is 1.81 bits per heavy atom. The molecule has 162 valence electrons. The molecule has 0 radical (unpaired) electrons. The Bertz CT molecular complexity index is 1430. The minimum atomic E-state index is -0.754. The van der Waals surface area contributed by atoms with Crippen LogP contribution < -0.4 is 22.3 Å². The van der Waals surface area contributed by atoms with Gasteiger partial charge in [-0.15, -0.1) is 0 Å². The van der Waals surface area contributed by atoms with Gasteiger partial charge in [-0.1, -0.05) is 17.7 Å². The van der Waals surface area contributed by atoms with Crippen LogP contribution in [-0.2, 0) is 17.9 Å². The highest BCUT2D eigenvalue weighted by atomic mass is 16.3. The highest BCUT2D eigenvalue weighted by Crippen LogP contribution is 2.14. The first kappa shape index (κ1) is 20.9. The monoisotopic (exact) mass is 432 g/mol. The van der Waals surface area contributed by atoms with Gasteiger partial charge in [0.15, 0.2) is 0 Å². The third-order valence-electron chi connectivity index (χ3n) is 5.02. The zero-order valence-electron chi connectivity index (χ0n) is 17.2. The molecule has 0 fully saturated rings. The molecule has 0 unspecified atom stereocenters. The molecule has 3 N–H and O–H groups in total. The molecule has 0 saturated heterocycles. The molecular formula is C23H20N4O5. The number of carbonyl (C=O) groups excluding carboxylic acids is 2. The van der Waals surface area contributed by atoms with Crippen molar-refractivity contribution in [3.8, 4) is 5.69 Å². The maximum atomic E-state index is 13.2. The normalized spacial score (nSPS) is 10.9. The summed E-state index contributed by atoms with van der Waals surface area (Å²) < 4.78 is 7.28. The van der Waals surface area contributed by atoms with E-state index in [9.17, 15) is 19.2 Å². The summed E-state index contributed by atoms with van der Waals surface area (Å²) in [6.07, 6.45) is 1.50. The summed E-state index contributed by atoms with van der Waals surface area (Å²) in [6.45, 7) is 1.61. The number of rotatable bonds is 6. The van der Waals surface area contributed by atoms with Crippen LogP contribution in [0.5, 0.6) is 0 Å². The quantitative estimate of drug-likeness (QED) is 0.477. The maximum Gasteiger partial charge on any atom is 0.336 e. The van der Waals surface area contributed by atoms with Crippen molar-refractivity contribution in [2.45, 2.75) is 20.0 Å². The Morgan fingerprint density at radius 3 is 2.47 bits per heavy atom. The average molecular weight is 432 g/mol. The molecular weight excluding hydrogens is 412 g/mol. The van der Waals surface area contributed by atoms with Crippen molar-refractivity contribution in [2.75, 3.05) is 0 Å². The fourth-order valence-corrected chi connectivity index (χ4v) is 3.42. The first-order chi connectivity index (χ1) is 15.3. The third-order valence-corrected chi connectivity index (χ3v) is 5.02. The van der Waals surface area contributed by atoms with Crippen molar-refractivity contribution in [3.63, 3.8) is 0 Å². The van der Waals surface area contributed by atoms with Crippen LogP contribution in [0.25, 0.3) is 16.6 Å². The van der Waals surface area contributed by atoms with Crippen molar-refractivity contribution in [3.05, 3.63) is 98.6 Å². The lowest BCUT2D eigenvalue weighted by molar-refractivity contribution is -0.118. The minimum Gasteiger partial charge on any atom is -0.467 e. The molecule has 0 saturated carbocycles. The Balaban J connectivity index is 1.84. The highest BCUT2D eigenvalue weighted by molar-refractivity contribution is 5.97. The number of hydrogen-bond donors (Lipinski definition) is 2. The van der Waals surface area contributed by atoms with Gasteiger partial charge in [0.25, 0.3) is 11.5 Å². The van der Waals surface area contributed by atoms with Crippen molar-refractivity contribution in [2.24, 2.45) is 5.73 Å². The molecule has 0 aliphatic rings.